The van der Waals surface area contributed by atoms with Crippen molar-refractivity contribution in [3.8, 4) is 0 Å². The van der Waals surface area contributed by atoms with E-state index in [1.54, 1.807) is 0 Å². The zero-order chi connectivity index (χ0) is 10.6. The van der Waals surface area contributed by atoms with Crippen molar-refractivity contribution < 1.29 is 14.2 Å². The monoisotopic (exact) mass is 198 g/mol. The number of hydrogen-bond donors (Lipinski definition) is 0. The van der Waals surface area contributed by atoms with Crippen LogP contribution in [0.5, 0.6) is 0 Å². The van der Waals surface area contributed by atoms with Crippen molar-refractivity contribution in [2.75, 3.05) is 33.3 Å². The molecule has 0 bridgehead atoms. The van der Waals surface area contributed by atoms with E-state index in [0.717, 1.165) is 0 Å². The molecule has 0 aromatic carbocycles. The average Bonchev–Trinajstić information content (AvgIpc) is 2.21. The summed E-state index contributed by atoms with van der Waals surface area (Å²) in [4.78, 5) is 6.11. The fourth-order valence-corrected chi connectivity index (χ4v) is 0.766. The maximum Gasteiger partial charge on any atom is 0.318 e. The molecule has 0 aliphatic rings. The van der Waals surface area contributed by atoms with Gasteiger partial charge in [0.15, 0.2) is 0 Å². The minimum absolute atomic E-state index is 0.000874. The van der Waals surface area contributed by atoms with Gasteiger partial charge in [-0.1, -0.05) is 0 Å². The minimum Gasteiger partial charge on any atom is -0.379 e. The molecular formula is C9H14N2O3. The van der Waals surface area contributed by atoms with Crippen molar-refractivity contribution >= 4 is 0 Å². The second-order valence-electron chi connectivity index (χ2n) is 2.39. The van der Waals surface area contributed by atoms with Gasteiger partial charge in [-0.05, 0) is 6.92 Å². The third-order valence-electron chi connectivity index (χ3n) is 1.34. The Bertz CT molecular complexity index is 207. The number of nitrogens with zero attached hydrogens (tertiary/aromatic N) is 2. The van der Waals surface area contributed by atoms with Crippen molar-refractivity contribution in [2.24, 2.45) is 0 Å². The van der Waals surface area contributed by atoms with Crippen LogP contribution in [0.15, 0.2) is 0 Å². The molecule has 78 valence electrons. The third kappa shape index (κ3) is 7.51. The Hall–Kier alpha value is -1.14. The molecule has 0 saturated heterocycles. The lowest BCUT2D eigenvalue weighted by molar-refractivity contribution is -0.0460. The van der Waals surface area contributed by atoms with Gasteiger partial charge < -0.3 is 14.2 Å². The normalized spacial score (nSPS) is 11.6. The maximum absolute atomic E-state index is 6.56. The maximum atomic E-state index is 6.56. The lowest BCUT2D eigenvalue weighted by atomic mass is 10.4. The molecule has 0 aromatic heterocycles. The standard InChI is InChI=1S/C9H14N2O3/c1-4-12-5-9(14-8-11-3)6-13-7-10-2/h9H,4-8H2,1H3. The number of ether oxygens (including phenoxy) is 3. The van der Waals surface area contributed by atoms with Crippen LogP contribution < -0.4 is 0 Å². The SMILES string of the molecule is [C-]#[N+]COCC(COCC)OC[N+]#[C-]. The largest absolute Gasteiger partial charge is 0.379 e. The molecule has 5 heteroatoms. The fraction of sp³-hybridized carbons (Fsp3) is 0.778. The van der Waals surface area contributed by atoms with Crippen LogP contribution in [0.4, 0.5) is 0 Å². The van der Waals surface area contributed by atoms with Crippen LogP contribution in [0.2, 0.25) is 0 Å². The molecule has 0 aliphatic carbocycles. The van der Waals surface area contributed by atoms with E-state index in [9.17, 15) is 0 Å². The van der Waals surface area contributed by atoms with Crippen molar-refractivity contribution in [3.63, 3.8) is 0 Å². The molecule has 0 heterocycles. The molecule has 0 aromatic rings. The van der Waals surface area contributed by atoms with E-state index in [1.807, 2.05) is 6.92 Å². The van der Waals surface area contributed by atoms with E-state index in [2.05, 4.69) is 9.69 Å². The van der Waals surface area contributed by atoms with Gasteiger partial charge in [-0.2, -0.15) is 0 Å². The molecule has 0 N–H and O–H groups in total. The van der Waals surface area contributed by atoms with E-state index in [4.69, 9.17) is 27.4 Å². The van der Waals surface area contributed by atoms with Crippen LogP contribution >= 0.6 is 0 Å². The van der Waals surface area contributed by atoms with Gasteiger partial charge in [0, 0.05) is 6.61 Å². The molecule has 5 nitrogen and oxygen atoms in total. The Morgan fingerprint density at radius 1 is 1.07 bits per heavy atom. The van der Waals surface area contributed by atoms with Gasteiger partial charge >= 0.3 is 13.5 Å². The van der Waals surface area contributed by atoms with Gasteiger partial charge in [0.05, 0.1) is 13.2 Å². The van der Waals surface area contributed by atoms with E-state index >= 15 is 0 Å². The van der Waals surface area contributed by atoms with Crippen LogP contribution in [-0.4, -0.2) is 39.4 Å². The first-order valence-electron chi connectivity index (χ1n) is 4.28. The predicted octanol–water partition coefficient (Wildman–Crippen LogP) is 1.18. The molecule has 0 fully saturated rings. The zero-order valence-corrected chi connectivity index (χ0v) is 8.23. The van der Waals surface area contributed by atoms with E-state index in [-0.39, 0.29) is 26.2 Å². The summed E-state index contributed by atoms with van der Waals surface area (Å²) in [5.74, 6) is 0. The van der Waals surface area contributed by atoms with Gasteiger partial charge in [0.25, 0.3) is 0 Å². The van der Waals surface area contributed by atoms with Gasteiger partial charge in [-0.15, -0.1) is 0 Å². The second-order valence-corrected chi connectivity index (χ2v) is 2.39. The number of hydrogen-bond acceptors (Lipinski definition) is 3. The molecule has 0 aliphatic heterocycles. The minimum atomic E-state index is -0.259. The summed E-state index contributed by atoms with van der Waals surface area (Å²) in [7, 11) is 0. The Labute approximate surface area is 84.2 Å². The molecule has 1 unspecified atom stereocenters. The fourth-order valence-electron chi connectivity index (χ4n) is 0.766. The number of rotatable bonds is 8. The average molecular weight is 198 g/mol. The van der Waals surface area contributed by atoms with Crippen LogP contribution in [0.1, 0.15) is 6.92 Å². The molecule has 14 heavy (non-hydrogen) atoms. The lowest BCUT2D eigenvalue weighted by Crippen LogP contribution is -2.25. The van der Waals surface area contributed by atoms with Crippen LogP contribution in [0, 0.1) is 13.1 Å². The van der Waals surface area contributed by atoms with E-state index in [0.29, 0.717) is 13.2 Å². The van der Waals surface area contributed by atoms with Crippen LogP contribution in [0.3, 0.4) is 0 Å². The first-order chi connectivity index (χ1) is 6.85. The quantitative estimate of drug-likeness (QED) is 0.434. The highest BCUT2D eigenvalue weighted by Gasteiger charge is 2.11. The summed E-state index contributed by atoms with van der Waals surface area (Å²) < 4.78 is 15.2. The van der Waals surface area contributed by atoms with Crippen molar-refractivity contribution in [3.05, 3.63) is 22.8 Å². The Morgan fingerprint density at radius 2 is 1.71 bits per heavy atom. The molecule has 0 amide bonds. The second kappa shape index (κ2) is 9.94. The van der Waals surface area contributed by atoms with Crippen LogP contribution in [0.25, 0.3) is 9.69 Å². The lowest BCUT2D eigenvalue weighted by Gasteiger charge is -2.12. The first-order valence-corrected chi connectivity index (χ1v) is 4.28. The highest BCUT2D eigenvalue weighted by atomic mass is 16.6. The summed E-state index contributed by atoms with van der Waals surface area (Å²) in [6, 6.07) is 0. The van der Waals surface area contributed by atoms with Gasteiger partial charge in [-0.25, -0.2) is 13.1 Å². The highest BCUT2D eigenvalue weighted by Crippen LogP contribution is 1.96. The molecule has 0 spiro atoms. The van der Waals surface area contributed by atoms with Crippen molar-refractivity contribution in [1.29, 1.82) is 0 Å². The molecule has 0 radical (unpaired) electrons. The smallest absolute Gasteiger partial charge is 0.318 e. The topological polar surface area (TPSA) is 36.4 Å². The van der Waals surface area contributed by atoms with Crippen molar-refractivity contribution in [2.45, 2.75) is 13.0 Å². The van der Waals surface area contributed by atoms with E-state index < -0.39 is 0 Å². The van der Waals surface area contributed by atoms with E-state index in [1.165, 1.54) is 0 Å². The van der Waals surface area contributed by atoms with Gasteiger partial charge in [-0.3, -0.25) is 9.69 Å². The van der Waals surface area contributed by atoms with Crippen molar-refractivity contribution in [1.82, 2.24) is 0 Å². The van der Waals surface area contributed by atoms with Gasteiger partial charge in [0.1, 0.15) is 6.10 Å². The Balaban J connectivity index is 3.62. The molecule has 0 rings (SSSR count). The summed E-state index contributed by atoms with van der Waals surface area (Å²) in [5, 5.41) is 0. The molecule has 1 atom stereocenters. The molecular weight excluding hydrogens is 184 g/mol. The molecule has 0 saturated carbocycles. The Morgan fingerprint density at radius 3 is 2.29 bits per heavy atom. The zero-order valence-electron chi connectivity index (χ0n) is 8.23. The van der Waals surface area contributed by atoms with Gasteiger partial charge in [0.2, 0.25) is 0 Å². The summed E-state index contributed by atoms with van der Waals surface area (Å²) in [5.41, 5.74) is 0. The van der Waals surface area contributed by atoms with Crippen LogP contribution in [-0.2, 0) is 14.2 Å². The third-order valence-corrected chi connectivity index (χ3v) is 1.34. The predicted molar refractivity (Wildman–Crippen MR) is 50.3 cm³/mol. The highest BCUT2D eigenvalue weighted by molar-refractivity contribution is 4.59. The summed E-state index contributed by atoms with van der Waals surface area (Å²) >= 11 is 0. The summed E-state index contributed by atoms with van der Waals surface area (Å²) in [6.45, 7) is 16.2. The first kappa shape index (κ1) is 12.9. The summed E-state index contributed by atoms with van der Waals surface area (Å²) in [6.07, 6.45) is -0.259. The Kier molecular flexibility index (Phi) is 9.13.